The summed E-state index contributed by atoms with van der Waals surface area (Å²) < 4.78 is 22.2. The average molecular weight is 290 g/mol. The molecule has 0 spiro atoms. The van der Waals surface area contributed by atoms with Gasteiger partial charge in [0, 0.05) is 12.8 Å². The van der Waals surface area contributed by atoms with Crippen molar-refractivity contribution in [2.75, 3.05) is 25.1 Å². The Morgan fingerprint density at radius 2 is 2.00 bits per heavy atom. The standard InChI is InChI=1S/C12H22N2O4S/c1-9(2)7-10-12(16)13-8-11(15)14(10)5-4-6-19(3,17)18/h9-10H,4-8H2,1-3H3,(H,13,16). The topological polar surface area (TPSA) is 83.6 Å². The zero-order chi connectivity index (χ0) is 14.6. The van der Waals surface area contributed by atoms with Gasteiger partial charge in [0.05, 0.1) is 12.3 Å². The third-order valence-corrected chi connectivity index (χ3v) is 4.05. The molecule has 7 heteroatoms. The Labute approximate surface area is 114 Å². The van der Waals surface area contributed by atoms with Gasteiger partial charge in [0.15, 0.2) is 0 Å². The number of piperazine rings is 1. The Morgan fingerprint density at radius 1 is 1.37 bits per heavy atom. The predicted molar refractivity (Wildman–Crippen MR) is 72.3 cm³/mol. The third kappa shape index (κ3) is 5.18. The number of hydrogen-bond acceptors (Lipinski definition) is 4. The first kappa shape index (κ1) is 15.9. The average Bonchev–Trinajstić information content (AvgIpc) is 2.25. The second-order valence-electron chi connectivity index (χ2n) is 5.43. The summed E-state index contributed by atoms with van der Waals surface area (Å²) in [5, 5.41) is 2.58. The van der Waals surface area contributed by atoms with Gasteiger partial charge in [-0.25, -0.2) is 8.42 Å². The summed E-state index contributed by atoms with van der Waals surface area (Å²) in [5.41, 5.74) is 0. The second kappa shape index (κ2) is 6.36. The van der Waals surface area contributed by atoms with Gasteiger partial charge in [0.1, 0.15) is 15.9 Å². The van der Waals surface area contributed by atoms with E-state index in [1.807, 2.05) is 13.8 Å². The van der Waals surface area contributed by atoms with E-state index in [4.69, 9.17) is 0 Å². The van der Waals surface area contributed by atoms with Crippen LogP contribution in [0.15, 0.2) is 0 Å². The number of amides is 2. The summed E-state index contributed by atoms with van der Waals surface area (Å²) in [6.07, 6.45) is 2.13. The van der Waals surface area contributed by atoms with E-state index >= 15 is 0 Å². The van der Waals surface area contributed by atoms with Gasteiger partial charge in [0.2, 0.25) is 11.8 Å². The van der Waals surface area contributed by atoms with Gasteiger partial charge in [-0.1, -0.05) is 13.8 Å². The largest absolute Gasteiger partial charge is 0.345 e. The van der Waals surface area contributed by atoms with Gasteiger partial charge in [-0.2, -0.15) is 0 Å². The number of rotatable bonds is 6. The van der Waals surface area contributed by atoms with Crippen LogP contribution in [0.2, 0.25) is 0 Å². The molecule has 1 unspecified atom stereocenters. The number of nitrogens with one attached hydrogen (secondary N) is 1. The lowest BCUT2D eigenvalue weighted by Gasteiger charge is -2.35. The molecular formula is C12H22N2O4S. The van der Waals surface area contributed by atoms with Crippen LogP contribution < -0.4 is 5.32 Å². The lowest BCUT2D eigenvalue weighted by Crippen LogP contribution is -2.58. The lowest BCUT2D eigenvalue weighted by molar-refractivity contribution is -0.146. The van der Waals surface area contributed by atoms with E-state index in [2.05, 4.69) is 5.32 Å². The van der Waals surface area contributed by atoms with Crippen molar-refractivity contribution in [3.8, 4) is 0 Å². The van der Waals surface area contributed by atoms with Crippen LogP contribution in [0.4, 0.5) is 0 Å². The van der Waals surface area contributed by atoms with Crippen molar-refractivity contribution in [3.05, 3.63) is 0 Å². The van der Waals surface area contributed by atoms with Crippen LogP contribution in [0, 0.1) is 5.92 Å². The molecule has 19 heavy (non-hydrogen) atoms. The smallest absolute Gasteiger partial charge is 0.243 e. The second-order valence-corrected chi connectivity index (χ2v) is 7.69. The fraction of sp³-hybridized carbons (Fsp3) is 0.833. The van der Waals surface area contributed by atoms with Gasteiger partial charge < -0.3 is 10.2 Å². The summed E-state index contributed by atoms with van der Waals surface area (Å²) in [6.45, 7) is 4.30. The van der Waals surface area contributed by atoms with Gasteiger partial charge in [0.25, 0.3) is 0 Å². The maximum atomic E-state index is 11.8. The van der Waals surface area contributed by atoms with Crippen LogP contribution in [0.1, 0.15) is 26.7 Å². The molecule has 1 rings (SSSR count). The molecule has 0 bridgehead atoms. The first-order valence-corrected chi connectivity index (χ1v) is 8.51. The van der Waals surface area contributed by atoms with Crippen molar-refractivity contribution in [2.45, 2.75) is 32.7 Å². The van der Waals surface area contributed by atoms with E-state index in [1.54, 1.807) is 0 Å². The minimum Gasteiger partial charge on any atom is -0.345 e. The Morgan fingerprint density at radius 3 is 2.53 bits per heavy atom. The van der Waals surface area contributed by atoms with Crippen molar-refractivity contribution < 1.29 is 18.0 Å². The fourth-order valence-corrected chi connectivity index (χ4v) is 2.81. The predicted octanol–water partition coefficient (Wildman–Crippen LogP) is -0.206. The molecule has 0 aromatic rings. The van der Waals surface area contributed by atoms with Gasteiger partial charge in [-0.15, -0.1) is 0 Å². The molecule has 0 aromatic heterocycles. The van der Waals surface area contributed by atoms with Crippen LogP contribution >= 0.6 is 0 Å². The van der Waals surface area contributed by atoms with Gasteiger partial charge in [-0.05, 0) is 18.8 Å². The lowest BCUT2D eigenvalue weighted by atomic mass is 10.00. The Balaban J connectivity index is 2.67. The molecule has 0 saturated carbocycles. The molecule has 0 radical (unpaired) electrons. The SMILES string of the molecule is CC(C)CC1C(=O)NCC(=O)N1CCCS(C)(=O)=O. The van der Waals surface area contributed by atoms with E-state index < -0.39 is 15.9 Å². The van der Waals surface area contributed by atoms with Crippen LogP contribution in [0.25, 0.3) is 0 Å². The molecule has 1 fully saturated rings. The summed E-state index contributed by atoms with van der Waals surface area (Å²) in [6, 6.07) is -0.471. The molecule has 1 heterocycles. The van der Waals surface area contributed by atoms with Crippen LogP contribution in [-0.4, -0.2) is 56.3 Å². The van der Waals surface area contributed by atoms with Gasteiger partial charge in [-0.3, -0.25) is 9.59 Å². The molecular weight excluding hydrogens is 268 g/mol. The first-order valence-electron chi connectivity index (χ1n) is 6.45. The Hall–Kier alpha value is -1.11. The molecule has 1 N–H and O–H groups in total. The van der Waals surface area contributed by atoms with E-state index in [-0.39, 0.29) is 24.1 Å². The number of sulfone groups is 1. The molecule has 1 atom stereocenters. The maximum Gasteiger partial charge on any atom is 0.243 e. The molecule has 0 aliphatic carbocycles. The Bertz CT molecular complexity index is 445. The van der Waals surface area contributed by atoms with Crippen LogP contribution in [0.5, 0.6) is 0 Å². The summed E-state index contributed by atoms with van der Waals surface area (Å²) in [4.78, 5) is 25.2. The minimum atomic E-state index is -3.03. The fourth-order valence-electron chi connectivity index (χ4n) is 2.16. The summed E-state index contributed by atoms with van der Waals surface area (Å²) in [5.74, 6) is 0.0396. The molecule has 6 nitrogen and oxygen atoms in total. The molecule has 110 valence electrons. The normalized spacial score (nSPS) is 20.8. The molecule has 0 aromatic carbocycles. The third-order valence-electron chi connectivity index (χ3n) is 3.02. The zero-order valence-electron chi connectivity index (χ0n) is 11.7. The van der Waals surface area contributed by atoms with Crippen LogP contribution in [-0.2, 0) is 19.4 Å². The van der Waals surface area contributed by atoms with E-state index in [9.17, 15) is 18.0 Å². The molecule has 1 aliphatic heterocycles. The monoisotopic (exact) mass is 290 g/mol. The minimum absolute atomic E-state index is 0.00625. The first-order chi connectivity index (χ1) is 8.70. The Kier molecular flexibility index (Phi) is 5.34. The highest BCUT2D eigenvalue weighted by Gasteiger charge is 2.34. The van der Waals surface area contributed by atoms with Crippen molar-refractivity contribution in [2.24, 2.45) is 5.92 Å². The van der Waals surface area contributed by atoms with Gasteiger partial charge >= 0.3 is 0 Å². The summed E-state index contributed by atoms with van der Waals surface area (Å²) >= 11 is 0. The zero-order valence-corrected chi connectivity index (χ0v) is 12.5. The van der Waals surface area contributed by atoms with E-state index in [0.29, 0.717) is 25.3 Å². The van der Waals surface area contributed by atoms with Crippen molar-refractivity contribution >= 4 is 21.7 Å². The molecule has 2 amide bonds. The van der Waals surface area contributed by atoms with E-state index in [0.717, 1.165) is 0 Å². The number of carbonyl (C=O) groups excluding carboxylic acids is 2. The quantitative estimate of drug-likeness (QED) is 0.734. The van der Waals surface area contributed by atoms with Crippen LogP contribution in [0.3, 0.4) is 0 Å². The molecule has 1 aliphatic rings. The summed E-state index contributed by atoms with van der Waals surface area (Å²) in [7, 11) is -3.03. The van der Waals surface area contributed by atoms with Crippen molar-refractivity contribution in [1.29, 1.82) is 0 Å². The highest BCUT2D eigenvalue weighted by Crippen LogP contribution is 2.15. The van der Waals surface area contributed by atoms with Crippen molar-refractivity contribution in [3.63, 3.8) is 0 Å². The number of hydrogen-bond donors (Lipinski definition) is 1. The van der Waals surface area contributed by atoms with E-state index in [1.165, 1.54) is 11.2 Å². The number of carbonyl (C=O) groups is 2. The molecule has 1 saturated heterocycles. The maximum absolute atomic E-state index is 11.8. The highest BCUT2D eigenvalue weighted by atomic mass is 32.2. The highest BCUT2D eigenvalue weighted by molar-refractivity contribution is 7.90. The van der Waals surface area contributed by atoms with Crippen molar-refractivity contribution in [1.82, 2.24) is 10.2 Å². The number of nitrogens with zero attached hydrogens (tertiary/aromatic N) is 1.